The summed E-state index contributed by atoms with van der Waals surface area (Å²) in [5.74, 6) is 0.525. The second kappa shape index (κ2) is 4.14. The van der Waals surface area contributed by atoms with Gasteiger partial charge in [-0.15, -0.1) is 0 Å². The summed E-state index contributed by atoms with van der Waals surface area (Å²) in [6.45, 7) is 0. The van der Waals surface area contributed by atoms with Crippen molar-refractivity contribution >= 4 is 5.91 Å². The highest BCUT2D eigenvalue weighted by Gasteiger charge is 2.37. The molecule has 0 saturated carbocycles. The minimum absolute atomic E-state index is 0.0985. The zero-order chi connectivity index (χ0) is 11.7. The topological polar surface area (TPSA) is 49.8 Å². The molecule has 1 heterocycles. The Balaban J connectivity index is 2.35. The summed E-state index contributed by atoms with van der Waals surface area (Å²) in [6, 6.07) is 7.47. The van der Waals surface area contributed by atoms with Crippen LogP contribution < -0.4 is 4.74 Å². The third-order valence-corrected chi connectivity index (χ3v) is 3.04. The second-order valence-electron chi connectivity index (χ2n) is 3.96. The molecule has 1 N–H and O–H groups in total. The van der Waals surface area contributed by atoms with Crippen LogP contribution in [0.4, 0.5) is 0 Å². The van der Waals surface area contributed by atoms with Gasteiger partial charge in [0, 0.05) is 19.0 Å². The largest absolute Gasteiger partial charge is 0.496 e. The fourth-order valence-corrected chi connectivity index (χ4v) is 2.14. The molecule has 0 aliphatic carbocycles. The Hall–Kier alpha value is -1.55. The van der Waals surface area contributed by atoms with E-state index in [1.54, 1.807) is 19.1 Å². The van der Waals surface area contributed by atoms with Gasteiger partial charge in [-0.25, -0.2) is 0 Å². The Labute approximate surface area is 94.4 Å². The first-order valence-electron chi connectivity index (χ1n) is 5.22. The highest BCUT2D eigenvalue weighted by atomic mass is 16.5. The summed E-state index contributed by atoms with van der Waals surface area (Å²) in [4.78, 5) is 13.1. The van der Waals surface area contributed by atoms with Gasteiger partial charge in [0.1, 0.15) is 11.9 Å². The molecule has 0 spiro atoms. The fourth-order valence-electron chi connectivity index (χ4n) is 2.14. The molecule has 4 nitrogen and oxygen atoms in total. The number of aliphatic hydroxyl groups is 1. The number of nitrogens with zero attached hydrogens (tertiary/aromatic N) is 1. The lowest BCUT2D eigenvalue weighted by Crippen LogP contribution is -2.26. The molecule has 16 heavy (non-hydrogen) atoms. The normalized spacial score (nSPS) is 24.9. The number of carbonyl (C=O) groups is 1. The minimum atomic E-state index is -0.889. The van der Waals surface area contributed by atoms with E-state index in [9.17, 15) is 9.90 Å². The number of hydrogen-bond donors (Lipinski definition) is 1. The number of rotatable bonds is 2. The number of para-hydroxylation sites is 1. The maximum absolute atomic E-state index is 11.5. The van der Waals surface area contributed by atoms with E-state index in [2.05, 4.69) is 0 Å². The number of methoxy groups -OCH3 is 1. The number of aliphatic hydroxyl groups excluding tert-OH is 1. The molecule has 86 valence electrons. The average molecular weight is 221 g/mol. The van der Waals surface area contributed by atoms with Gasteiger partial charge in [-0.05, 0) is 6.07 Å². The van der Waals surface area contributed by atoms with E-state index in [0.717, 1.165) is 11.3 Å². The Morgan fingerprint density at radius 2 is 2.12 bits per heavy atom. The van der Waals surface area contributed by atoms with E-state index in [1.807, 2.05) is 24.3 Å². The van der Waals surface area contributed by atoms with Gasteiger partial charge in [0.15, 0.2) is 0 Å². The van der Waals surface area contributed by atoms with Crippen LogP contribution in [0.5, 0.6) is 5.75 Å². The molecule has 2 rings (SSSR count). The Bertz CT molecular complexity index is 405. The Kier molecular flexibility index (Phi) is 2.83. The highest BCUT2D eigenvalue weighted by Crippen LogP contribution is 2.36. The monoisotopic (exact) mass is 221 g/mol. The van der Waals surface area contributed by atoms with Crippen LogP contribution in [0, 0.1) is 0 Å². The lowest BCUT2D eigenvalue weighted by atomic mass is 10.0. The number of carbonyl (C=O) groups excluding carboxylic acids is 1. The van der Waals surface area contributed by atoms with E-state index in [0.29, 0.717) is 6.42 Å². The molecular formula is C12H15NO3. The lowest BCUT2D eigenvalue weighted by molar-refractivity contribution is -0.134. The van der Waals surface area contributed by atoms with E-state index >= 15 is 0 Å². The smallest absolute Gasteiger partial charge is 0.251 e. The van der Waals surface area contributed by atoms with Gasteiger partial charge in [-0.1, -0.05) is 18.2 Å². The maximum atomic E-state index is 11.5. The summed E-state index contributed by atoms with van der Waals surface area (Å²) in [5, 5.41) is 9.53. The van der Waals surface area contributed by atoms with Crippen molar-refractivity contribution in [2.75, 3.05) is 14.2 Å². The van der Waals surface area contributed by atoms with Crippen molar-refractivity contribution in [2.24, 2.45) is 0 Å². The predicted molar refractivity (Wildman–Crippen MR) is 59.1 cm³/mol. The number of ether oxygens (including phenoxy) is 1. The van der Waals surface area contributed by atoms with Crippen molar-refractivity contribution in [3.05, 3.63) is 29.8 Å². The van der Waals surface area contributed by atoms with Gasteiger partial charge >= 0.3 is 0 Å². The summed E-state index contributed by atoms with van der Waals surface area (Å²) in [7, 11) is 3.31. The van der Waals surface area contributed by atoms with Crippen molar-refractivity contribution in [3.8, 4) is 5.75 Å². The minimum Gasteiger partial charge on any atom is -0.496 e. The van der Waals surface area contributed by atoms with Crippen molar-refractivity contribution in [2.45, 2.75) is 18.6 Å². The van der Waals surface area contributed by atoms with Crippen molar-refractivity contribution in [3.63, 3.8) is 0 Å². The zero-order valence-corrected chi connectivity index (χ0v) is 9.38. The summed E-state index contributed by atoms with van der Waals surface area (Å²) >= 11 is 0. The van der Waals surface area contributed by atoms with Crippen LogP contribution in [0.3, 0.4) is 0 Å². The summed E-state index contributed by atoms with van der Waals surface area (Å²) in [5.41, 5.74) is 0.942. The molecule has 0 aromatic heterocycles. The van der Waals surface area contributed by atoms with Gasteiger partial charge in [0.25, 0.3) is 5.91 Å². The molecule has 1 aromatic rings. The van der Waals surface area contributed by atoms with Crippen LogP contribution in [0.1, 0.15) is 18.0 Å². The molecule has 1 aromatic carbocycles. The van der Waals surface area contributed by atoms with E-state index in [-0.39, 0.29) is 11.9 Å². The molecule has 0 unspecified atom stereocenters. The van der Waals surface area contributed by atoms with Gasteiger partial charge in [0.2, 0.25) is 0 Å². The second-order valence-corrected chi connectivity index (χ2v) is 3.96. The number of likely N-dealkylation sites (tertiary alicyclic amines) is 1. The quantitative estimate of drug-likeness (QED) is 0.809. The van der Waals surface area contributed by atoms with Gasteiger partial charge in [0.05, 0.1) is 13.2 Å². The number of likely N-dealkylation sites (N-methyl/N-ethyl adjacent to an activating group) is 1. The molecular weight excluding hydrogens is 206 g/mol. The standard InChI is InChI=1S/C12H15NO3/c1-13-9(7-10(14)12(13)15)8-5-3-4-6-11(8)16-2/h3-6,9-10,14H,7H2,1-2H3/t9-,10-/m1/s1. The number of amides is 1. The zero-order valence-electron chi connectivity index (χ0n) is 9.38. The molecule has 1 saturated heterocycles. The van der Waals surface area contributed by atoms with Gasteiger partial charge in [-0.3, -0.25) is 4.79 Å². The first-order valence-corrected chi connectivity index (χ1v) is 5.22. The Morgan fingerprint density at radius 3 is 2.69 bits per heavy atom. The summed E-state index contributed by atoms with van der Waals surface area (Å²) < 4.78 is 5.26. The van der Waals surface area contributed by atoms with Crippen LogP contribution >= 0.6 is 0 Å². The fraction of sp³-hybridized carbons (Fsp3) is 0.417. The maximum Gasteiger partial charge on any atom is 0.251 e. The molecule has 4 heteroatoms. The first-order chi connectivity index (χ1) is 7.65. The number of hydrogen-bond acceptors (Lipinski definition) is 3. The van der Waals surface area contributed by atoms with Gasteiger partial charge in [-0.2, -0.15) is 0 Å². The van der Waals surface area contributed by atoms with Crippen LogP contribution in [-0.2, 0) is 4.79 Å². The molecule has 0 radical (unpaired) electrons. The third kappa shape index (κ3) is 1.65. The van der Waals surface area contributed by atoms with Crippen molar-refractivity contribution in [1.29, 1.82) is 0 Å². The number of benzene rings is 1. The molecule has 1 aliphatic heterocycles. The first kappa shape index (κ1) is 11.0. The van der Waals surface area contributed by atoms with Crippen molar-refractivity contribution in [1.82, 2.24) is 4.90 Å². The van der Waals surface area contributed by atoms with Crippen molar-refractivity contribution < 1.29 is 14.6 Å². The third-order valence-electron chi connectivity index (χ3n) is 3.04. The van der Waals surface area contributed by atoms with E-state index in [4.69, 9.17) is 4.74 Å². The molecule has 1 fully saturated rings. The van der Waals surface area contributed by atoms with Crippen LogP contribution in [0.15, 0.2) is 24.3 Å². The highest BCUT2D eigenvalue weighted by molar-refractivity contribution is 5.83. The van der Waals surface area contributed by atoms with E-state index in [1.165, 1.54) is 0 Å². The Morgan fingerprint density at radius 1 is 1.44 bits per heavy atom. The summed E-state index contributed by atoms with van der Waals surface area (Å²) in [6.07, 6.45) is -0.463. The van der Waals surface area contributed by atoms with Gasteiger partial charge < -0.3 is 14.7 Å². The molecule has 1 aliphatic rings. The molecule has 1 amide bonds. The van der Waals surface area contributed by atoms with Crippen LogP contribution in [0.2, 0.25) is 0 Å². The van der Waals surface area contributed by atoms with E-state index < -0.39 is 6.10 Å². The average Bonchev–Trinajstić information content (AvgIpc) is 2.57. The molecule has 0 bridgehead atoms. The molecule has 2 atom stereocenters. The van der Waals surface area contributed by atoms with Crippen LogP contribution in [-0.4, -0.2) is 36.2 Å². The lowest BCUT2D eigenvalue weighted by Gasteiger charge is -2.21. The SMILES string of the molecule is COc1ccccc1[C@H]1C[C@@H](O)C(=O)N1C. The predicted octanol–water partition coefficient (Wildman–Crippen LogP) is 0.959. The van der Waals surface area contributed by atoms with Crippen LogP contribution in [0.25, 0.3) is 0 Å².